The monoisotopic (exact) mass is 294 g/mol. The maximum atomic E-state index is 11.9. The molecule has 2 heteroatoms. The van der Waals surface area contributed by atoms with Crippen LogP contribution in [0.4, 0.5) is 0 Å². The molecular weight excluding hydrogens is 272 g/mol. The van der Waals surface area contributed by atoms with E-state index in [0.29, 0.717) is 19.4 Å². The minimum absolute atomic E-state index is 0.244. The maximum Gasteiger partial charge on any atom is 0.141 e. The molecule has 22 heavy (non-hydrogen) atoms. The van der Waals surface area contributed by atoms with Gasteiger partial charge < -0.3 is 4.74 Å². The van der Waals surface area contributed by atoms with Crippen LogP contribution in [0.3, 0.4) is 0 Å². The predicted molar refractivity (Wildman–Crippen MR) is 90.0 cm³/mol. The second-order valence-electron chi connectivity index (χ2n) is 5.45. The fourth-order valence-corrected chi connectivity index (χ4v) is 2.15. The molecule has 0 radical (unpaired) electrons. The Bertz CT molecular complexity index is 625. The lowest BCUT2D eigenvalue weighted by Gasteiger charge is -2.07. The third-order valence-corrected chi connectivity index (χ3v) is 3.54. The Morgan fingerprint density at radius 3 is 2.32 bits per heavy atom. The molecule has 0 atom stereocenters. The van der Waals surface area contributed by atoms with E-state index in [1.54, 1.807) is 0 Å². The molecule has 0 aliphatic rings. The van der Waals surface area contributed by atoms with Crippen molar-refractivity contribution in [2.24, 2.45) is 0 Å². The molecule has 0 unspecified atom stereocenters. The van der Waals surface area contributed by atoms with Crippen LogP contribution in [-0.4, -0.2) is 5.78 Å². The molecule has 0 aliphatic heterocycles. The zero-order valence-electron chi connectivity index (χ0n) is 13.2. The summed E-state index contributed by atoms with van der Waals surface area (Å²) in [4.78, 5) is 11.9. The lowest BCUT2D eigenvalue weighted by atomic mass is 10.0. The van der Waals surface area contributed by atoms with Crippen molar-refractivity contribution in [2.75, 3.05) is 0 Å². The highest BCUT2D eigenvalue weighted by atomic mass is 16.5. The van der Waals surface area contributed by atoms with Crippen molar-refractivity contribution in [3.05, 3.63) is 77.4 Å². The molecule has 2 rings (SSSR count). The summed E-state index contributed by atoms with van der Waals surface area (Å²) in [6.07, 6.45) is 2.99. The number of Topliss-reactive ketones (excluding diaryl/α,β-unsaturated/α-hetero) is 1. The number of rotatable bonds is 7. The molecule has 0 aromatic heterocycles. The van der Waals surface area contributed by atoms with Crippen molar-refractivity contribution < 1.29 is 9.53 Å². The Morgan fingerprint density at radius 2 is 1.68 bits per heavy atom. The van der Waals surface area contributed by atoms with Crippen LogP contribution in [0, 0.1) is 0 Å². The molecular formula is C20H22O2. The number of hydrogen-bond donors (Lipinski definition) is 0. The van der Waals surface area contributed by atoms with Gasteiger partial charge in [-0.05, 0) is 37.1 Å². The maximum absolute atomic E-state index is 11.9. The van der Waals surface area contributed by atoms with Gasteiger partial charge in [0.2, 0.25) is 0 Å². The van der Waals surface area contributed by atoms with Crippen LogP contribution in [0.2, 0.25) is 0 Å². The molecule has 0 heterocycles. The average Bonchev–Trinajstić information content (AvgIpc) is 2.55. The van der Waals surface area contributed by atoms with E-state index in [-0.39, 0.29) is 5.78 Å². The second kappa shape index (κ2) is 8.18. The quantitative estimate of drug-likeness (QED) is 0.690. The Morgan fingerprint density at radius 1 is 1.00 bits per heavy atom. The van der Waals surface area contributed by atoms with Gasteiger partial charge in [0.15, 0.2) is 0 Å². The molecule has 2 aromatic carbocycles. The van der Waals surface area contributed by atoms with E-state index >= 15 is 0 Å². The normalized spacial score (nSPS) is 11.3. The van der Waals surface area contributed by atoms with Crippen LogP contribution < -0.4 is 4.74 Å². The molecule has 2 nitrogen and oxygen atoms in total. The number of allylic oxidation sites excluding steroid dienone is 2. The van der Waals surface area contributed by atoms with Gasteiger partial charge in [0, 0.05) is 12.8 Å². The highest BCUT2D eigenvalue weighted by Gasteiger charge is 2.05. The van der Waals surface area contributed by atoms with E-state index in [9.17, 15) is 4.79 Å². The predicted octanol–water partition coefficient (Wildman–Crippen LogP) is 4.73. The first kappa shape index (κ1) is 16.0. The molecule has 0 bridgehead atoms. The van der Waals surface area contributed by atoms with E-state index in [0.717, 1.165) is 22.4 Å². The number of benzene rings is 2. The van der Waals surface area contributed by atoms with E-state index < -0.39 is 0 Å². The molecule has 114 valence electrons. The van der Waals surface area contributed by atoms with Gasteiger partial charge in [-0.1, -0.05) is 54.1 Å². The molecule has 0 aliphatic carbocycles. The van der Waals surface area contributed by atoms with Crippen molar-refractivity contribution in [1.82, 2.24) is 0 Å². The second-order valence-corrected chi connectivity index (χ2v) is 5.45. The van der Waals surface area contributed by atoms with Gasteiger partial charge in [0.25, 0.3) is 0 Å². The van der Waals surface area contributed by atoms with Crippen molar-refractivity contribution in [2.45, 2.75) is 33.3 Å². The lowest BCUT2D eigenvalue weighted by Crippen LogP contribution is -2.03. The molecule has 0 saturated carbocycles. The first-order valence-electron chi connectivity index (χ1n) is 7.56. The molecule has 0 amide bonds. The molecule has 0 N–H and O–H groups in total. The lowest BCUT2D eigenvalue weighted by molar-refractivity contribution is -0.117. The Labute approximate surface area is 132 Å². The smallest absolute Gasteiger partial charge is 0.141 e. The Balaban J connectivity index is 1.86. The highest BCUT2D eigenvalue weighted by Crippen LogP contribution is 2.15. The van der Waals surface area contributed by atoms with Crippen molar-refractivity contribution in [3.63, 3.8) is 0 Å². The van der Waals surface area contributed by atoms with E-state index in [4.69, 9.17) is 4.74 Å². The van der Waals surface area contributed by atoms with Crippen LogP contribution in [0.25, 0.3) is 0 Å². The van der Waals surface area contributed by atoms with Crippen molar-refractivity contribution in [1.29, 1.82) is 0 Å². The largest absolute Gasteiger partial charge is 0.489 e. The van der Waals surface area contributed by atoms with Crippen LogP contribution >= 0.6 is 0 Å². The number of ether oxygens (including phenoxy) is 1. The van der Waals surface area contributed by atoms with Crippen LogP contribution in [0.5, 0.6) is 5.75 Å². The first-order chi connectivity index (χ1) is 10.7. The number of ketones is 1. The van der Waals surface area contributed by atoms with Crippen molar-refractivity contribution >= 4 is 5.78 Å². The summed E-state index contributed by atoms with van der Waals surface area (Å²) in [6.45, 7) is 4.50. The minimum atomic E-state index is 0.244. The summed E-state index contributed by atoms with van der Waals surface area (Å²) >= 11 is 0. The third-order valence-electron chi connectivity index (χ3n) is 3.54. The van der Waals surface area contributed by atoms with Crippen LogP contribution in [0.1, 0.15) is 31.4 Å². The molecule has 0 fully saturated rings. The van der Waals surface area contributed by atoms with Gasteiger partial charge in [-0.2, -0.15) is 0 Å². The van der Waals surface area contributed by atoms with Crippen LogP contribution in [0.15, 0.2) is 66.2 Å². The highest BCUT2D eigenvalue weighted by molar-refractivity contribution is 5.82. The molecule has 0 saturated heterocycles. The SMILES string of the molecule is C/C=C(\C)CC(=O)Cc1ccc(OCc2ccccc2)cc1. The first-order valence-corrected chi connectivity index (χ1v) is 7.56. The summed E-state index contributed by atoms with van der Waals surface area (Å²) in [7, 11) is 0. The fourth-order valence-electron chi connectivity index (χ4n) is 2.15. The van der Waals surface area contributed by atoms with Gasteiger partial charge in [-0.3, -0.25) is 4.79 Å². The Kier molecular flexibility index (Phi) is 5.96. The van der Waals surface area contributed by atoms with E-state index in [1.807, 2.05) is 74.5 Å². The Hall–Kier alpha value is -2.35. The number of hydrogen-bond acceptors (Lipinski definition) is 2. The van der Waals surface area contributed by atoms with E-state index in [2.05, 4.69) is 0 Å². The zero-order chi connectivity index (χ0) is 15.8. The standard InChI is InChI=1S/C20H22O2/c1-3-16(2)13-19(21)14-17-9-11-20(12-10-17)22-15-18-7-5-4-6-8-18/h3-12H,13-15H2,1-2H3/b16-3+. The zero-order valence-corrected chi connectivity index (χ0v) is 13.2. The summed E-state index contributed by atoms with van der Waals surface area (Å²) in [6, 6.07) is 17.8. The molecule has 2 aromatic rings. The van der Waals surface area contributed by atoms with Gasteiger partial charge in [-0.25, -0.2) is 0 Å². The van der Waals surface area contributed by atoms with Crippen molar-refractivity contribution in [3.8, 4) is 5.75 Å². The minimum Gasteiger partial charge on any atom is -0.489 e. The molecule has 0 spiro atoms. The van der Waals surface area contributed by atoms with E-state index in [1.165, 1.54) is 0 Å². The number of carbonyl (C=O) groups excluding carboxylic acids is 1. The number of carbonyl (C=O) groups is 1. The van der Waals surface area contributed by atoms with Gasteiger partial charge >= 0.3 is 0 Å². The van der Waals surface area contributed by atoms with Gasteiger partial charge in [0.05, 0.1) is 0 Å². The third kappa shape index (κ3) is 5.21. The summed E-state index contributed by atoms with van der Waals surface area (Å²) < 4.78 is 5.74. The fraction of sp³-hybridized carbons (Fsp3) is 0.250. The van der Waals surface area contributed by atoms with Crippen LogP contribution in [-0.2, 0) is 17.8 Å². The van der Waals surface area contributed by atoms with Gasteiger partial charge in [0.1, 0.15) is 18.1 Å². The topological polar surface area (TPSA) is 26.3 Å². The summed E-state index contributed by atoms with van der Waals surface area (Å²) in [5, 5.41) is 0. The summed E-state index contributed by atoms with van der Waals surface area (Å²) in [5.74, 6) is 1.07. The summed E-state index contributed by atoms with van der Waals surface area (Å²) in [5.41, 5.74) is 3.29. The average molecular weight is 294 g/mol. The van der Waals surface area contributed by atoms with Gasteiger partial charge in [-0.15, -0.1) is 0 Å².